The number of aliphatic hydroxyl groups is 3. The molecule has 0 rings (SSSR count). The second-order valence-electron chi connectivity index (χ2n) is 7.42. The summed E-state index contributed by atoms with van der Waals surface area (Å²) in [5.41, 5.74) is -1.08. The first-order chi connectivity index (χ1) is 13.3. The first-order valence-corrected chi connectivity index (χ1v) is 12.4. The van der Waals surface area contributed by atoms with Crippen LogP contribution in [0.3, 0.4) is 0 Å². The van der Waals surface area contributed by atoms with Crippen LogP contribution >= 0.6 is 0 Å². The van der Waals surface area contributed by atoms with E-state index < -0.39 is 13.7 Å². The summed E-state index contributed by atoms with van der Waals surface area (Å²) in [4.78, 5) is 0. The van der Waals surface area contributed by atoms with Crippen LogP contribution in [0.15, 0.2) is 38.5 Å². The third-order valence-corrected chi connectivity index (χ3v) is 9.64. The monoisotopic (exact) mass is 418 g/mol. The van der Waals surface area contributed by atoms with E-state index in [1.165, 1.54) is 18.8 Å². The van der Waals surface area contributed by atoms with Gasteiger partial charge >= 0.3 is 0 Å². The maximum atomic E-state index is 9.62. The van der Waals surface area contributed by atoms with Gasteiger partial charge in [-0.3, -0.25) is 0 Å². The SMILES string of the molecule is C=COCCC(CCOC=C)(CCOC=C)[Si](C)(C)OCC(CO)(CO)CO. The Labute approximate surface area is 170 Å². The Hall–Kier alpha value is -1.32. The Balaban J connectivity index is 5.62. The molecule has 0 aliphatic rings. The van der Waals surface area contributed by atoms with Gasteiger partial charge in [-0.15, -0.1) is 0 Å². The van der Waals surface area contributed by atoms with Gasteiger partial charge in [-0.2, -0.15) is 0 Å². The lowest BCUT2D eigenvalue weighted by Crippen LogP contribution is -2.51. The second kappa shape index (κ2) is 13.8. The van der Waals surface area contributed by atoms with Gasteiger partial charge in [-0.05, 0) is 37.4 Å². The lowest BCUT2D eigenvalue weighted by Gasteiger charge is -2.46. The van der Waals surface area contributed by atoms with Gasteiger partial charge in [0.25, 0.3) is 0 Å². The molecule has 164 valence electrons. The summed E-state index contributed by atoms with van der Waals surface area (Å²) in [5.74, 6) is 0. The van der Waals surface area contributed by atoms with Crippen LogP contribution in [-0.2, 0) is 18.6 Å². The number of aliphatic hydroxyl groups excluding tert-OH is 3. The standard InChI is InChI=1S/C20H38O7Si/c1-6-24-12-9-20(10-13-25-7-2,11-14-26-8-3)28(4,5)27-18-19(15-21,16-22)17-23/h6-8,21-23H,1-3,9-18H2,4-5H3. The van der Waals surface area contributed by atoms with Gasteiger partial charge in [-0.1, -0.05) is 19.7 Å². The van der Waals surface area contributed by atoms with E-state index in [4.69, 9.17) is 18.6 Å². The van der Waals surface area contributed by atoms with Crippen LogP contribution in [0.2, 0.25) is 18.1 Å². The van der Waals surface area contributed by atoms with E-state index in [1.54, 1.807) is 0 Å². The summed E-state index contributed by atoms with van der Waals surface area (Å²) < 4.78 is 22.5. The van der Waals surface area contributed by atoms with Crippen LogP contribution in [0.1, 0.15) is 19.3 Å². The van der Waals surface area contributed by atoms with Crippen molar-refractivity contribution in [3.63, 3.8) is 0 Å². The Morgan fingerprint density at radius 3 is 1.39 bits per heavy atom. The van der Waals surface area contributed by atoms with Gasteiger partial charge in [0.1, 0.15) is 0 Å². The zero-order valence-corrected chi connectivity index (χ0v) is 18.4. The summed E-state index contributed by atoms with van der Waals surface area (Å²) in [7, 11) is -2.47. The van der Waals surface area contributed by atoms with E-state index in [1.807, 2.05) is 0 Å². The van der Waals surface area contributed by atoms with E-state index in [2.05, 4.69) is 32.8 Å². The third-order valence-electron chi connectivity index (χ3n) is 5.47. The number of rotatable bonds is 19. The van der Waals surface area contributed by atoms with Crippen molar-refractivity contribution in [2.45, 2.75) is 37.4 Å². The molecular formula is C20H38O7Si. The van der Waals surface area contributed by atoms with Crippen molar-refractivity contribution in [3.05, 3.63) is 38.5 Å². The highest BCUT2D eigenvalue weighted by molar-refractivity contribution is 6.74. The van der Waals surface area contributed by atoms with Crippen molar-refractivity contribution in [2.24, 2.45) is 5.41 Å². The molecule has 0 saturated heterocycles. The fraction of sp³-hybridized carbons (Fsp3) is 0.700. The van der Waals surface area contributed by atoms with Crippen molar-refractivity contribution < 1.29 is 34.0 Å². The van der Waals surface area contributed by atoms with Crippen LogP contribution in [-0.4, -0.2) is 69.9 Å². The molecule has 0 aliphatic heterocycles. The predicted octanol–water partition coefficient (Wildman–Crippen LogP) is 2.56. The quantitative estimate of drug-likeness (QED) is 0.168. The Morgan fingerprint density at radius 2 is 1.11 bits per heavy atom. The van der Waals surface area contributed by atoms with Crippen LogP contribution in [0, 0.1) is 5.41 Å². The number of hydrogen-bond acceptors (Lipinski definition) is 7. The van der Waals surface area contributed by atoms with E-state index in [0.717, 1.165) is 0 Å². The highest BCUT2D eigenvalue weighted by Crippen LogP contribution is 2.49. The van der Waals surface area contributed by atoms with E-state index in [9.17, 15) is 15.3 Å². The minimum Gasteiger partial charge on any atom is -0.502 e. The largest absolute Gasteiger partial charge is 0.502 e. The Kier molecular flexibility index (Phi) is 13.1. The fourth-order valence-electron chi connectivity index (χ4n) is 3.06. The molecule has 0 heterocycles. The van der Waals surface area contributed by atoms with Gasteiger partial charge in [0, 0.05) is 6.61 Å². The lowest BCUT2D eigenvalue weighted by atomic mass is 9.93. The summed E-state index contributed by atoms with van der Waals surface area (Å²) >= 11 is 0. The summed E-state index contributed by atoms with van der Waals surface area (Å²) in [6.07, 6.45) is 6.33. The molecular weight excluding hydrogens is 380 g/mol. The smallest absolute Gasteiger partial charge is 0.193 e. The predicted molar refractivity (Wildman–Crippen MR) is 112 cm³/mol. The first kappa shape index (κ1) is 26.7. The normalized spacial score (nSPS) is 12.3. The molecule has 0 aliphatic carbocycles. The molecule has 0 aromatic carbocycles. The Bertz CT molecular complexity index is 406. The topological polar surface area (TPSA) is 97.6 Å². The van der Waals surface area contributed by atoms with E-state index in [0.29, 0.717) is 39.1 Å². The molecule has 0 aromatic rings. The van der Waals surface area contributed by atoms with Crippen molar-refractivity contribution in [2.75, 3.05) is 46.2 Å². The molecule has 3 N–H and O–H groups in total. The molecule has 0 fully saturated rings. The van der Waals surface area contributed by atoms with Crippen molar-refractivity contribution in [1.82, 2.24) is 0 Å². The van der Waals surface area contributed by atoms with Gasteiger partial charge < -0.3 is 34.0 Å². The molecule has 0 bridgehead atoms. The molecule has 0 radical (unpaired) electrons. The molecule has 0 aromatic heterocycles. The maximum Gasteiger partial charge on any atom is 0.193 e. The van der Waals surface area contributed by atoms with Crippen LogP contribution in [0.4, 0.5) is 0 Å². The molecule has 7 nitrogen and oxygen atoms in total. The van der Waals surface area contributed by atoms with Gasteiger partial charge in [-0.25, -0.2) is 0 Å². The first-order valence-electron chi connectivity index (χ1n) is 9.46. The zero-order valence-electron chi connectivity index (χ0n) is 17.4. The second-order valence-corrected chi connectivity index (χ2v) is 11.8. The third kappa shape index (κ3) is 7.96. The van der Waals surface area contributed by atoms with Gasteiger partial charge in [0.2, 0.25) is 0 Å². The fourth-order valence-corrected chi connectivity index (χ4v) is 6.15. The molecule has 0 atom stereocenters. The lowest BCUT2D eigenvalue weighted by molar-refractivity contribution is -0.0304. The number of ether oxygens (including phenoxy) is 3. The number of hydrogen-bond donors (Lipinski definition) is 3. The van der Waals surface area contributed by atoms with Crippen LogP contribution < -0.4 is 0 Å². The molecule has 0 amide bonds. The molecule has 0 unspecified atom stereocenters. The Morgan fingerprint density at radius 1 is 0.750 bits per heavy atom. The highest BCUT2D eigenvalue weighted by atomic mass is 28.4. The summed E-state index contributed by atoms with van der Waals surface area (Å²) in [6.45, 7) is 15.3. The van der Waals surface area contributed by atoms with Crippen LogP contribution in [0.25, 0.3) is 0 Å². The summed E-state index contributed by atoms with van der Waals surface area (Å²) in [6, 6.07) is 0. The molecule has 0 saturated carbocycles. The van der Waals surface area contributed by atoms with Crippen molar-refractivity contribution in [1.29, 1.82) is 0 Å². The average molecular weight is 419 g/mol. The van der Waals surface area contributed by atoms with Gasteiger partial charge in [0.15, 0.2) is 8.32 Å². The van der Waals surface area contributed by atoms with Crippen molar-refractivity contribution >= 4 is 8.32 Å². The highest BCUT2D eigenvalue weighted by Gasteiger charge is 2.49. The molecule has 0 spiro atoms. The van der Waals surface area contributed by atoms with E-state index >= 15 is 0 Å². The minimum atomic E-state index is -2.47. The maximum absolute atomic E-state index is 9.62. The van der Waals surface area contributed by atoms with E-state index in [-0.39, 0.29) is 31.5 Å². The minimum absolute atomic E-state index is 0.0599. The molecule has 8 heteroatoms. The summed E-state index contributed by atoms with van der Waals surface area (Å²) in [5, 5.41) is 28.6. The zero-order chi connectivity index (χ0) is 21.5. The van der Waals surface area contributed by atoms with Crippen LogP contribution in [0.5, 0.6) is 0 Å². The average Bonchev–Trinajstić information content (AvgIpc) is 2.69. The van der Waals surface area contributed by atoms with Crippen molar-refractivity contribution in [3.8, 4) is 0 Å². The van der Waals surface area contributed by atoms with Gasteiger partial charge in [0.05, 0.1) is 63.8 Å². The molecule has 28 heavy (non-hydrogen) atoms.